The van der Waals surface area contributed by atoms with Crippen LogP contribution in [0.1, 0.15) is 27.9 Å². The van der Waals surface area contributed by atoms with Crippen LogP contribution in [0.5, 0.6) is 17.2 Å². The SMILES string of the molecule is CCOc1ccc(-n2c(C(=O)O)c(O)c(O)c2C(=O)O)cc1. The molecule has 4 N–H and O–H groups in total. The summed E-state index contributed by atoms with van der Waals surface area (Å²) >= 11 is 0. The fourth-order valence-electron chi connectivity index (χ4n) is 2.06. The van der Waals surface area contributed by atoms with E-state index in [9.17, 15) is 19.8 Å². The summed E-state index contributed by atoms with van der Waals surface area (Å²) in [6.45, 7) is 2.23. The number of carbonyl (C=O) groups is 2. The predicted octanol–water partition coefficient (Wildman–Crippen LogP) is 1.68. The third kappa shape index (κ3) is 2.41. The summed E-state index contributed by atoms with van der Waals surface area (Å²) in [6.07, 6.45) is 0. The van der Waals surface area contributed by atoms with Crippen LogP contribution in [0.4, 0.5) is 0 Å². The molecular formula is C14H13NO7. The van der Waals surface area contributed by atoms with Crippen LogP contribution in [0.3, 0.4) is 0 Å². The summed E-state index contributed by atoms with van der Waals surface area (Å²) < 4.78 is 6.00. The molecule has 2 rings (SSSR count). The van der Waals surface area contributed by atoms with E-state index in [2.05, 4.69) is 0 Å². The van der Waals surface area contributed by atoms with Crippen LogP contribution in [0, 0.1) is 0 Å². The van der Waals surface area contributed by atoms with E-state index in [0.29, 0.717) is 12.4 Å². The maximum Gasteiger partial charge on any atom is 0.356 e. The lowest BCUT2D eigenvalue weighted by molar-refractivity contribution is 0.0681. The molecule has 0 amide bonds. The lowest BCUT2D eigenvalue weighted by atomic mass is 10.2. The van der Waals surface area contributed by atoms with Gasteiger partial charge in [0.2, 0.25) is 0 Å². The minimum atomic E-state index is -1.57. The monoisotopic (exact) mass is 307 g/mol. The zero-order valence-electron chi connectivity index (χ0n) is 11.5. The molecule has 1 aromatic carbocycles. The number of hydrogen-bond donors (Lipinski definition) is 4. The number of benzene rings is 1. The van der Waals surface area contributed by atoms with Crippen molar-refractivity contribution in [3.63, 3.8) is 0 Å². The van der Waals surface area contributed by atoms with Gasteiger partial charge in [-0.15, -0.1) is 0 Å². The number of nitrogens with zero attached hydrogens (tertiary/aromatic N) is 1. The molecule has 0 spiro atoms. The fraction of sp³-hybridized carbons (Fsp3) is 0.143. The summed E-state index contributed by atoms with van der Waals surface area (Å²) in [5.41, 5.74) is -1.33. The number of carboxylic acid groups (broad SMARTS) is 2. The van der Waals surface area contributed by atoms with Crippen molar-refractivity contribution >= 4 is 11.9 Å². The van der Waals surface area contributed by atoms with Gasteiger partial charge in [-0.2, -0.15) is 0 Å². The molecule has 8 nitrogen and oxygen atoms in total. The van der Waals surface area contributed by atoms with Gasteiger partial charge in [0.15, 0.2) is 22.9 Å². The highest BCUT2D eigenvalue weighted by atomic mass is 16.5. The highest BCUT2D eigenvalue weighted by Gasteiger charge is 2.31. The molecule has 0 radical (unpaired) electrons. The first-order valence-corrected chi connectivity index (χ1v) is 6.24. The largest absolute Gasteiger partial charge is 0.503 e. The van der Waals surface area contributed by atoms with Crippen molar-refractivity contribution in [2.45, 2.75) is 6.92 Å². The van der Waals surface area contributed by atoms with E-state index in [1.165, 1.54) is 24.3 Å². The Kier molecular flexibility index (Phi) is 3.93. The third-order valence-corrected chi connectivity index (χ3v) is 2.93. The minimum Gasteiger partial charge on any atom is -0.503 e. The highest BCUT2D eigenvalue weighted by molar-refractivity contribution is 5.99. The first-order chi connectivity index (χ1) is 10.4. The van der Waals surface area contributed by atoms with Gasteiger partial charge in [-0.1, -0.05) is 0 Å². The Bertz CT molecular complexity index is 693. The van der Waals surface area contributed by atoms with E-state index in [0.717, 1.165) is 4.57 Å². The van der Waals surface area contributed by atoms with E-state index in [4.69, 9.17) is 14.9 Å². The van der Waals surface area contributed by atoms with Crippen LogP contribution in [0.15, 0.2) is 24.3 Å². The number of aromatic carboxylic acids is 2. The van der Waals surface area contributed by atoms with Crippen LogP contribution in [0.2, 0.25) is 0 Å². The average Bonchev–Trinajstić information content (AvgIpc) is 2.72. The first kappa shape index (κ1) is 15.2. The highest BCUT2D eigenvalue weighted by Crippen LogP contribution is 2.38. The summed E-state index contributed by atoms with van der Waals surface area (Å²) in [6, 6.07) is 5.87. The van der Waals surface area contributed by atoms with Crippen molar-refractivity contribution in [2.24, 2.45) is 0 Å². The molecular weight excluding hydrogens is 294 g/mol. The second-order valence-electron chi connectivity index (χ2n) is 4.27. The van der Waals surface area contributed by atoms with Crippen LogP contribution in [-0.2, 0) is 0 Å². The van der Waals surface area contributed by atoms with Crippen molar-refractivity contribution in [3.05, 3.63) is 35.7 Å². The maximum atomic E-state index is 11.3. The van der Waals surface area contributed by atoms with Gasteiger partial charge in [-0.3, -0.25) is 4.57 Å². The maximum absolute atomic E-state index is 11.3. The molecule has 8 heteroatoms. The molecule has 22 heavy (non-hydrogen) atoms. The second kappa shape index (κ2) is 5.68. The molecule has 0 unspecified atom stereocenters. The average molecular weight is 307 g/mol. The summed E-state index contributed by atoms with van der Waals surface area (Å²) in [4.78, 5) is 22.5. The third-order valence-electron chi connectivity index (χ3n) is 2.93. The van der Waals surface area contributed by atoms with Gasteiger partial charge >= 0.3 is 11.9 Å². The number of aromatic hydroxyl groups is 2. The second-order valence-corrected chi connectivity index (χ2v) is 4.27. The molecule has 0 bridgehead atoms. The van der Waals surface area contributed by atoms with Gasteiger partial charge in [-0.25, -0.2) is 9.59 Å². The summed E-state index contributed by atoms with van der Waals surface area (Å²) in [5.74, 6) is -4.64. The fourth-order valence-corrected chi connectivity index (χ4v) is 2.06. The minimum absolute atomic E-state index is 0.147. The standard InChI is InChI=1S/C14H13NO7/c1-2-22-8-5-3-7(4-6-8)15-9(13(18)19)11(16)12(17)10(15)14(20)21/h3-6,16-17H,2H2,1H3,(H,18,19)(H,20,21). The van der Waals surface area contributed by atoms with E-state index in [1.54, 1.807) is 6.92 Å². The summed E-state index contributed by atoms with van der Waals surface area (Å²) in [5, 5.41) is 37.7. The Morgan fingerprint density at radius 2 is 1.45 bits per heavy atom. The molecule has 1 heterocycles. The van der Waals surface area contributed by atoms with Crippen molar-refractivity contribution < 1.29 is 34.8 Å². The van der Waals surface area contributed by atoms with Crippen LogP contribution in [0.25, 0.3) is 5.69 Å². The Balaban J connectivity index is 2.69. The quantitative estimate of drug-likeness (QED) is 0.661. The number of rotatable bonds is 5. The molecule has 0 fully saturated rings. The Labute approximate surface area is 124 Å². The Hall–Kier alpha value is -3.16. The Morgan fingerprint density at radius 1 is 1.00 bits per heavy atom. The predicted molar refractivity (Wildman–Crippen MR) is 74.2 cm³/mol. The Morgan fingerprint density at radius 3 is 1.82 bits per heavy atom. The molecule has 2 aromatic rings. The van der Waals surface area contributed by atoms with E-state index < -0.39 is 34.8 Å². The van der Waals surface area contributed by atoms with Crippen molar-refractivity contribution in [1.29, 1.82) is 0 Å². The van der Waals surface area contributed by atoms with E-state index >= 15 is 0 Å². The van der Waals surface area contributed by atoms with Gasteiger partial charge in [-0.05, 0) is 31.2 Å². The van der Waals surface area contributed by atoms with Crippen molar-refractivity contribution in [3.8, 4) is 22.9 Å². The number of carboxylic acids is 2. The van der Waals surface area contributed by atoms with E-state index in [1.807, 2.05) is 0 Å². The molecule has 0 aliphatic rings. The lowest BCUT2D eigenvalue weighted by Gasteiger charge is -2.10. The molecule has 0 saturated carbocycles. The molecule has 116 valence electrons. The van der Waals surface area contributed by atoms with Gasteiger partial charge in [0.25, 0.3) is 0 Å². The van der Waals surface area contributed by atoms with E-state index in [-0.39, 0.29) is 5.69 Å². The van der Waals surface area contributed by atoms with Crippen LogP contribution >= 0.6 is 0 Å². The van der Waals surface area contributed by atoms with Gasteiger partial charge in [0, 0.05) is 5.69 Å². The van der Waals surface area contributed by atoms with Crippen LogP contribution in [-0.4, -0.2) is 43.5 Å². The van der Waals surface area contributed by atoms with Crippen molar-refractivity contribution in [2.75, 3.05) is 6.61 Å². The molecule has 0 atom stereocenters. The van der Waals surface area contributed by atoms with Gasteiger partial charge in [0.05, 0.1) is 6.61 Å². The molecule has 1 aromatic heterocycles. The smallest absolute Gasteiger partial charge is 0.356 e. The summed E-state index contributed by atoms with van der Waals surface area (Å²) in [7, 11) is 0. The normalized spacial score (nSPS) is 10.4. The lowest BCUT2D eigenvalue weighted by Crippen LogP contribution is -2.12. The van der Waals surface area contributed by atoms with Gasteiger partial charge < -0.3 is 25.2 Å². The molecule has 0 aliphatic carbocycles. The van der Waals surface area contributed by atoms with Crippen LogP contribution < -0.4 is 4.74 Å². The number of aromatic nitrogens is 1. The first-order valence-electron chi connectivity index (χ1n) is 6.24. The molecule has 0 saturated heterocycles. The number of ether oxygens (including phenoxy) is 1. The van der Waals surface area contributed by atoms with Gasteiger partial charge in [0.1, 0.15) is 5.75 Å². The zero-order valence-corrected chi connectivity index (χ0v) is 11.5. The van der Waals surface area contributed by atoms with Crippen molar-refractivity contribution in [1.82, 2.24) is 4.57 Å². The zero-order chi connectivity index (χ0) is 16.4. The number of hydrogen-bond acceptors (Lipinski definition) is 5. The topological polar surface area (TPSA) is 129 Å². The molecule has 0 aliphatic heterocycles.